The van der Waals surface area contributed by atoms with Crippen LogP contribution in [0.5, 0.6) is 0 Å². The molecule has 3 N–H and O–H groups in total. The van der Waals surface area contributed by atoms with Gasteiger partial charge in [-0.3, -0.25) is 14.4 Å². The lowest BCUT2D eigenvalue weighted by molar-refractivity contribution is -0.119. The van der Waals surface area contributed by atoms with E-state index in [1.165, 1.54) is 18.3 Å². The molecule has 1 aliphatic rings. The summed E-state index contributed by atoms with van der Waals surface area (Å²) in [4.78, 5) is 48.7. The van der Waals surface area contributed by atoms with E-state index >= 15 is 0 Å². The maximum Gasteiger partial charge on any atom is 0.341 e. The number of esters is 1. The van der Waals surface area contributed by atoms with E-state index in [9.17, 15) is 19.2 Å². The molecule has 1 saturated carbocycles. The molecule has 0 spiro atoms. The van der Waals surface area contributed by atoms with Gasteiger partial charge >= 0.3 is 5.97 Å². The van der Waals surface area contributed by atoms with Gasteiger partial charge in [0.15, 0.2) is 6.61 Å². The molecule has 0 saturated heterocycles. The van der Waals surface area contributed by atoms with E-state index < -0.39 is 18.5 Å². The SMILES string of the molecule is CC(=O)Nc1ccc(NC(=O)COC(=O)c2c(NC(=O)C3CC3)sc(C)c2C)cc1. The number of anilines is 3. The fourth-order valence-corrected chi connectivity index (χ4v) is 3.81. The molecular formula is C21H23N3O5S. The third-order valence-electron chi connectivity index (χ3n) is 4.60. The van der Waals surface area contributed by atoms with Crippen LogP contribution in [0.2, 0.25) is 0 Å². The van der Waals surface area contributed by atoms with Crippen LogP contribution in [-0.2, 0) is 19.1 Å². The number of aryl methyl sites for hydroxylation is 1. The van der Waals surface area contributed by atoms with Crippen molar-refractivity contribution in [1.29, 1.82) is 0 Å². The Kier molecular flexibility index (Phi) is 6.51. The van der Waals surface area contributed by atoms with Crippen molar-refractivity contribution >= 4 is 51.4 Å². The Morgan fingerprint density at radius 2 is 1.60 bits per heavy atom. The number of hydrogen-bond donors (Lipinski definition) is 3. The summed E-state index contributed by atoms with van der Waals surface area (Å²) in [5.41, 5.74) is 2.13. The van der Waals surface area contributed by atoms with Crippen LogP contribution >= 0.6 is 11.3 Å². The van der Waals surface area contributed by atoms with Crippen molar-refractivity contribution < 1.29 is 23.9 Å². The molecule has 9 heteroatoms. The Balaban J connectivity index is 1.57. The molecule has 0 unspecified atom stereocenters. The van der Waals surface area contributed by atoms with E-state index in [0.29, 0.717) is 21.9 Å². The number of carbonyl (C=O) groups is 4. The molecule has 158 valence electrons. The summed E-state index contributed by atoms with van der Waals surface area (Å²) in [6.07, 6.45) is 1.72. The molecule has 3 amide bonds. The Labute approximate surface area is 178 Å². The van der Waals surface area contributed by atoms with Crippen molar-refractivity contribution in [3.8, 4) is 0 Å². The van der Waals surface area contributed by atoms with Crippen LogP contribution < -0.4 is 16.0 Å². The highest BCUT2D eigenvalue weighted by molar-refractivity contribution is 7.16. The van der Waals surface area contributed by atoms with E-state index in [1.54, 1.807) is 31.2 Å². The molecule has 2 aromatic rings. The standard InChI is InChI=1S/C21H23N3O5S/c1-11-12(2)30-20(24-19(27)14-4-5-14)18(11)21(28)29-10-17(26)23-16-8-6-15(7-9-16)22-13(3)25/h6-9,14H,4-5,10H2,1-3H3,(H,22,25)(H,23,26)(H,24,27). The third kappa shape index (κ3) is 5.44. The van der Waals surface area contributed by atoms with Crippen LogP contribution in [0.15, 0.2) is 24.3 Å². The summed E-state index contributed by atoms with van der Waals surface area (Å²) >= 11 is 1.32. The Bertz CT molecular complexity index is 993. The molecular weight excluding hydrogens is 406 g/mol. The van der Waals surface area contributed by atoms with E-state index in [2.05, 4.69) is 16.0 Å². The molecule has 30 heavy (non-hydrogen) atoms. The van der Waals surface area contributed by atoms with E-state index in [0.717, 1.165) is 23.3 Å². The van der Waals surface area contributed by atoms with Gasteiger partial charge in [0.05, 0.1) is 5.56 Å². The van der Waals surface area contributed by atoms with Gasteiger partial charge < -0.3 is 20.7 Å². The lowest BCUT2D eigenvalue weighted by atomic mass is 10.1. The molecule has 1 heterocycles. The number of benzene rings is 1. The van der Waals surface area contributed by atoms with Gasteiger partial charge in [-0.05, 0) is 56.5 Å². The third-order valence-corrected chi connectivity index (χ3v) is 5.72. The van der Waals surface area contributed by atoms with Gasteiger partial charge in [0.2, 0.25) is 11.8 Å². The fraction of sp³-hybridized carbons (Fsp3) is 0.333. The van der Waals surface area contributed by atoms with Crippen LogP contribution in [-0.4, -0.2) is 30.3 Å². The van der Waals surface area contributed by atoms with Crippen molar-refractivity contribution in [2.75, 3.05) is 22.6 Å². The second-order valence-electron chi connectivity index (χ2n) is 7.13. The Morgan fingerprint density at radius 1 is 1.00 bits per heavy atom. The topological polar surface area (TPSA) is 114 Å². The van der Waals surface area contributed by atoms with Crippen LogP contribution in [0.25, 0.3) is 0 Å². The van der Waals surface area contributed by atoms with Gasteiger partial charge in [0, 0.05) is 29.1 Å². The lowest BCUT2D eigenvalue weighted by Crippen LogP contribution is -2.22. The summed E-state index contributed by atoms with van der Waals surface area (Å²) in [6.45, 7) is 4.59. The Hall–Kier alpha value is -3.20. The molecule has 1 aromatic carbocycles. The van der Waals surface area contributed by atoms with Crippen LogP contribution in [0.3, 0.4) is 0 Å². The van der Waals surface area contributed by atoms with E-state index in [1.807, 2.05) is 6.92 Å². The zero-order valence-corrected chi connectivity index (χ0v) is 17.8. The average Bonchev–Trinajstić information content (AvgIpc) is 3.49. The minimum Gasteiger partial charge on any atom is -0.452 e. The number of amides is 3. The van der Waals surface area contributed by atoms with Gasteiger partial charge in [-0.25, -0.2) is 4.79 Å². The van der Waals surface area contributed by atoms with Gasteiger partial charge in [-0.1, -0.05) is 0 Å². The second-order valence-corrected chi connectivity index (χ2v) is 8.36. The van der Waals surface area contributed by atoms with Gasteiger partial charge in [-0.15, -0.1) is 11.3 Å². The molecule has 0 radical (unpaired) electrons. The molecule has 8 nitrogen and oxygen atoms in total. The maximum absolute atomic E-state index is 12.6. The highest BCUT2D eigenvalue weighted by Crippen LogP contribution is 2.36. The molecule has 0 aliphatic heterocycles. The number of carbonyl (C=O) groups excluding carboxylic acids is 4. The number of thiophene rings is 1. The smallest absolute Gasteiger partial charge is 0.341 e. The summed E-state index contributed by atoms with van der Waals surface area (Å²) in [7, 11) is 0. The number of ether oxygens (including phenoxy) is 1. The summed E-state index contributed by atoms with van der Waals surface area (Å²) in [6, 6.07) is 6.55. The largest absolute Gasteiger partial charge is 0.452 e. The molecule has 1 aromatic heterocycles. The van der Waals surface area contributed by atoms with Gasteiger partial charge in [0.1, 0.15) is 5.00 Å². The molecule has 0 bridgehead atoms. The summed E-state index contributed by atoms with van der Waals surface area (Å²) in [5, 5.41) is 8.52. The zero-order chi connectivity index (χ0) is 21.8. The van der Waals surface area contributed by atoms with Crippen molar-refractivity contribution in [3.05, 3.63) is 40.3 Å². The summed E-state index contributed by atoms with van der Waals surface area (Å²) in [5.74, 6) is -1.42. The van der Waals surface area contributed by atoms with Crippen LogP contribution in [0, 0.1) is 19.8 Å². The van der Waals surface area contributed by atoms with E-state index in [-0.39, 0.29) is 17.7 Å². The predicted molar refractivity (Wildman–Crippen MR) is 115 cm³/mol. The van der Waals surface area contributed by atoms with Gasteiger partial charge in [-0.2, -0.15) is 0 Å². The second kappa shape index (κ2) is 9.08. The average molecular weight is 429 g/mol. The lowest BCUT2D eigenvalue weighted by Gasteiger charge is -2.09. The maximum atomic E-state index is 12.6. The zero-order valence-electron chi connectivity index (χ0n) is 17.0. The van der Waals surface area contributed by atoms with E-state index in [4.69, 9.17) is 4.74 Å². The molecule has 3 rings (SSSR count). The first-order valence-corrected chi connectivity index (χ1v) is 10.3. The highest BCUT2D eigenvalue weighted by atomic mass is 32.1. The first kappa shape index (κ1) is 21.5. The number of rotatable bonds is 7. The first-order chi connectivity index (χ1) is 14.2. The van der Waals surface area contributed by atoms with Gasteiger partial charge in [0.25, 0.3) is 5.91 Å². The monoisotopic (exact) mass is 429 g/mol. The molecule has 0 atom stereocenters. The first-order valence-electron chi connectivity index (χ1n) is 9.50. The normalized spacial score (nSPS) is 12.8. The van der Waals surface area contributed by atoms with Crippen molar-refractivity contribution in [2.24, 2.45) is 5.92 Å². The fourth-order valence-electron chi connectivity index (χ4n) is 2.76. The van der Waals surface area contributed by atoms with Crippen molar-refractivity contribution in [3.63, 3.8) is 0 Å². The minimum absolute atomic E-state index is 0.0133. The molecule has 1 aliphatic carbocycles. The van der Waals surface area contributed by atoms with Crippen LogP contribution in [0.4, 0.5) is 16.4 Å². The highest BCUT2D eigenvalue weighted by Gasteiger charge is 2.31. The summed E-state index contributed by atoms with van der Waals surface area (Å²) < 4.78 is 5.18. The Morgan fingerprint density at radius 3 is 2.17 bits per heavy atom. The minimum atomic E-state index is -0.654. The van der Waals surface area contributed by atoms with Crippen LogP contribution in [0.1, 0.15) is 40.6 Å². The quantitative estimate of drug-likeness (QED) is 0.583. The van der Waals surface area contributed by atoms with Crippen molar-refractivity contribution in [2.45, 2.75) is 33.6 Å². The predicted octanol–water partition coefficient (Wildman–Crippen LogP) is 3.47. The van der Waals surface area contributed by atoms with Crippen molar-refractivity contribution in [1.82, 2.24) is 0 Å². The number of nitrogens with one attached hydrogen (secondary N) is 3. The molecule has 1 fully saturated rings. The number of hydrogen-bond acceptors (Lipinski definition) is 6.